The maximum Gasteiger partial charge on any atom is 0.326 e. The fraction of sp³-hybridized carbons (Fsp3) is 0.643. The van der Waals surface area contributed by atoms with Crippen LogP contribution >= 0.6 is 0 Å². The molecule has 1 aliphatic heterocycles. The number of urea groups is 2. The smallest absolute Gasteiger partial charge is 0.326 e. The van der Waals surface area contributed by atoms with Crippen LogP contribution in [0, 0.1) is 0 Å². The molecule has 1 saturated carbocycles. The molecule has 6 amide bonds. The molecule has 2 aliphatic rings. The molecule has 0 atom stereocenters. The summed E-state index contributed by atoms with van der Waals surface area (Å²) in [6, 6.07) is -1.36. The zero-order valence-electron chi connectivity index (χ0n) is 13.3. The van der Waals surface area contributed by atoms with Crippen molar-refractivity contribution in [2.45, 2.75) is 37.6 Å². The van der Waals surface area contributed by atoms with Crippen molar-refractivity contribution in [1.29, 1.82) is 0 Å². The summed E-state index contributed by atoms with van der Waals surface area (Å²) in [5, 5.41) is 6.76. The Kier molecular flexibility index (Phi) is 5.37. The monoisotopic (exact) mass is 340 g/mol. The average Bonchev–Trinajstić information content (AvgIpc) is 2.77. The lowest BCUT2D eigenvalue weighted by atomic mass is 9.82. The molecule has 0 bridgehead atoms. The molecule has 132 valence electrons. The summed E-state index contributed by atoms with van der Waals surface area (Å²) in [5.74, 6) is -2.15. The molecular weight excluding hydrogens is 320 g/mol. The highest BCUT2D eigenvalue weighted by molar-refractivity contribution is 6.08. The molecule has 0 unspecified atom stereocenters. The van der Waals surface area contributed by atoms with Gasteiger partial charge in [0.1, 0.15) is 12.1 Å². The first-order valence-electron chi connectivity index (χ1n) is 7.69. The van der Waals surface area contributed by atoms with E-state index in [1.807, 2.05) is 5.32 Å². The van der Waals surface area contributed by atoms with E-state index in [0.29, 0.717) is 12.8 Å². The van der Waals surface area contributed by atoms with E-state index in [9.17, 15) is 24.0 Å². The molecule has 0 radical (unpaired) electrons. The van der Waals surface area contributed by atoms with E-state index in [4.69, 9.17) is 0 Å². The summed E-state index contributed by atoms with van der Waals surface area (Å²) >= 11 is 0. The van der Waals surface area contributed by atoms with Crippen LogP contribution in [0.1, 0.15) is 32.1 Å². The van der Waals surface area contributed by atoms with E-state index < -0.39 is 48.5 Å². The highest BCUT2D eigenvalue weighted by Gasteiger charge is 2.51. The second-order valence-electron chi connectivity index (χ2n) is 5.75. The molecule has 10 heteroatoms. The van der Waals surface area contributed by atoms with Crippen LogP contribution in [0.25, 0.3) is 0 Å². The molecule has 2 fully saturated rings. The Morgan fingerprint density at radius 3 is 2.50 bits per heavy atom. The minimum absolute atomic E-state index is 0.432. The maximum absolute atomic E-state index is 12.5. The van der Waals surface area contributed by atoms with Crippen molar-refractivity contribution in [3.05, 3.63) is 0 Å². The van der Waals surface area contributed by atoms with Crippen LogP contribution in [0.15, 0.2) is 0 Å². The van der Waals surface area contributed by atoms with Gasteiger partial charge in [-0.15, -0.1) is 0 Å². The maximum atomic E-state index is 12.5. The van der Waals surface area contributed by atoms with E-state index in [1.165, 1.54) is 7.05 Å². The van der Waals surface area contributed by atoms with Crippen molar-refractivity contribution >= 4 is 29.8 Å². The molecule has 1 saturated heterocycles. The van der Waals surface area contributed by atoms with Gasteiger partial charge in [0.2, 0.25) is 0 Å². The van der Waals surface area contributed by atoms with Gasteiger partial charge in [-0.25, -0.2) is 9.59 Å². The van der Waals surface area contributed by atoms with Crippen molar-refractivity contribution in [3.63, 3.8) is 0 Å². The molecule has 1 spiro atoms. The molecule has 0 aromatic heterocycles. The Morgan fingerprint density at radius 1 is 1.21 bits per heavy atom. The first-order chi connectivity index (χ1) is 11.4. The van der Waals surface area contributed by atoms with Gasteiger partial charge in [-0.05, 0) is 12.8 Å². The number of nitrogens with zero attached hydrogens (tertiary/aromatic N) is 1. The lowest BCUT2D eigenvalue weighted by molar-refractivity contribution is -0.151. The summed E-state index contributed by atoms with van der Waals surface area (Å²) in [5.41, 5.74) is -0.911. The van der Waals surface area contributed by atoms with E-state index in [1.54, 1.807) is 0 Å². The standard InChI is InChI=1S/C14H20N4O6/c1-15-12(22)16-9(19)8-24-10(20)7-18-11(21)14(17-13(18)23)5-3-2-4-6-14/h2-8H2,1H3,(H,17,23)(H2,15,16,19,22). The van der Waals surface area contributed by atoms with Crippen molar-refractivity contribution in [2.24, 2.45) is 0 Å². The molecule has 1 heterocycles. The van der Waals surface area contributed by atoms with Gasteiger partial charge in [0.15, 0.2) is 6.61 Å². The Labute approximate surface area is 138 Å². The van der Waals surface area contributed by atoms with E-state index >= 15 is 0 Å². The summed E-state index contributed by atoms with van der Waals surface area (Å²) in [6.07, 6.45) is 3.79. The summed E-state index contributed by atoms with van der Waals surface area (Å²) in [6.45, 7) is -1.25. The Hall–Kier alpha value is -2.65. The number of carbonyl (C=O) groups is 5. The SMILES string of the molecule is CNC(=O)NC(=O)COC(=O)CN1C(=O)NC2(CCCCC2)C1=O. The minimum atomic E-state index is -0.911. The molecular formula is C14H20N4O6. The Bertz CT molecular complexity index is 570. The lowest BCUT2D eigenvalue weighted by Crippen LogP contribution is -2.48. The first-order valence-corrected chi connectivity index (χ1v) is 7.69. The Morgan fingerprint density at radius 2 is 1.88 bits per heavy atom. The quantitative estimate of drug-likeness (QED) is 0.455. The molecule has 2 rings (SSSR count). The van der Waals surface area contributed by atoms with Gasteiger partial charge in [-0.2, -0.15) is 0 Å². The number of nitrogens with one attached hydrogen (secondary N) is 3. The fourth-order valence-electron chi connectivity index (χ4n) is 2.86. The molecule has 24 heavy (non-hydrogen) atoms. The second kappa shape index (κ2) is 7.28. The predicted molar refractivity (Wildman–Crippen MR) is 79.6 cm³/mol. The van der Waals surface area contributed by atoms with Crippen LogP contribution in [0.3, 0.4) is 0 Å². The zero-order valence-corrected chi connectivity index (χ0v) is 13.3. The summed E-state index contributed by atoms with van der Waals surface area (Å²) in [7, 11) is 1.33. The number of carbonyl (C=O) groups excluding carboxylic acids is 5. The largest absolute Gasteiger partial charge is 0.454 e. The van der Waals surface area contributed by atoms with Gasteiger partial charge in [0.05, 0.1) is 0 Å². The van der Waals surface area contributed by atoms with E-state index in [2.05, 4.69) is 15.4 Å². The minimum Gasteiger partial charge on any atom is -0.454 e. The number of imide groups is 2. The fourth-order valence-corrected chi connectivity index (χ4v) is 2.86. The highest BCUT2D eigenvalue weighted by Crippen LogP contribution is 2.33. The normalized spacial score (nSPS) is 19.0. The molecule has 3 N–H and O–H groups in total. The van der Waals surface area contributed by atoms with Crippen molar-refractivity contribution < 1.29 is 28.7 Å². The third-order valence-corrected chi connectivity index (χ3v) is 4.08. The third-order valence-electron chi connectivity index (χ3n) is 4.08. The van der Waals surface area contributed by atoms with Gasteiger partial charge in [0, 0.05) is 7.05 Å². The zero-order chi connectivity index (χ0) is 17.7. The van der Waals surface area contributed by atoms with Crippen LogP contribution < -0.4 is 16.0 Å². The molecule has 1 aliphatic carbocycles. The number of rotatable bonds is 4. The number of esters is 1. The Balaban J connectivity index is 1.85. The van der Waals surface area contributed by atoms with Gasteiger partial charge in [0.25, 0.3) is 11.8 Å². The second-order valence-corrected chi connectivity index (χ2v) is 5.75. The predicted octanol–water partition coefficient (Wildman–Crippen LogP) is -0.760. The number of hydrogen-bond acceptors (Lipinski definition) is 6. The number of ether oxygens (including phenoxy) is 1. The van der Waals surface area contributed by atoms with Crippen molar-refractivity contribution in [1.82, 2.24) is 20.9 Å². The van der Waals surface area contributed by atoms with Gasteiger partial charge >= 0.3 is 18.0 Å². The first kappa shape index (κ1) is 17.7. The van der Waals surface area contributed by atoms with Crippen LogP contribution in [0.2, 0.25) is 0 Å². The van der Waals surface area contributed by atoms with E-state index in [-0.39, 0.29) is 0 Å². The van der Waals surface area contributed by atoms with Gasteiger partial charge in [-0.1, -0.05) is 19.3 Å². The number of amides is 6. The summed E-state index contributed by atoms with van der Waals surface area (Å²) in [4.78, 5) is 59.2. The highest BCUT2D eigenvalue weighted by atomic mass is 16.5. The third kappa shape index (κ3) is 3.81. The van der Waals surface area contributed by atoms with Crippen LogP contribution in [0.4, 0.5) is 9.59 Å². The lowest BCUT2D eigenvalue weighted by Gasteiger charge is -2.30. The van der Waals surface area contributed by atoms with E-state index in [0.717, 1.165) is 24.2 Å². The van der Waals surface area contributed by atoms with Crippen molar-refractivity contribution in [2.75, 3.05) is 20.2 Å². The number of hydrogen-bond donors (Lipinski definition) is 3. The molecule has 10 nitrogen and oxygen atoms in total. The topological polar surface area (TPSA) is 134 Å². The molecule has 0 aromatic carbocycles. The summed E-state index contributed by atoms with van der Waals surface area (Å²) < 4.78 is 4.68. The van der Waals surface area contributed by atoms with Gasteiger partial charge < -0.3 is 15.4 Å². The van der Waals surface area contributed by atoms with Crippen LogP contribution in [-0.4, -0.2) is 60.5 Å². The van der Waals surface area contributed by atoms with Crippen LogP contribution in [-0.2, 0) is 19.1 Å². The van der Waals surface area contributed by atoms with Gasteiger partial charge in [-0.3, -0.25) is 24.6 Å². The molecule has 0 aromatic rings. The van der Waals surface area contributed by atoms with Crippen molar-refractivity contribution in [3.8, 4) is 0 Å². The van der Waals surface area contributed by atoms with Crippen LogP contribution in [0.5, 0.6) is 0 Å². The average molecular weight is 340 g/mol.